The number of carbonyl (C=O) groups is 3. The summed E-state index contributed by atoms with van der Waals surface area (Å²) in [5.74, 6) is 0.231. The molecular formula is C75H102I2O6. The molecule has 3 saturated carbocycles. The SMILES string of the molecule is CC(/C=C/C(=O)[C@]1(C)C[C@@H](O)CC1(C)C)=C\C=C\C=C\C=C\C=C\C=C\C=C\C=C\C(=O)[C@]1(C)C[C@@H](O)CC1(C)C.CC1=C(/C=C/C(C)=C/C=C/C(C)=C/C=C/C=C(C)/C=C/C=C(C)/C=C/C(=O)[C@]2(C)CC[C@@H](O)C2(C)C)CCCC1.II. The highest BCUT2D eigenvalue weighted by molar-refractivity contribution is 15.0. The molecule has 0 bridgehead atoms. The topological polar surface area (TPSA) is 112 Å². The predicted octanol–water partition coefficient (Wildman–Crippen LogP) is 19.9. The fourth-order valence-electron chi connectivity index (χ4n) is 11.0. The Hall–Kier alpha value is -4.59. The van der Waals surface area contributed by atoms with E-state index < -0.39 is 40.0 Å². The Balaban J connectivity index is 0.000000550. The van der Waals surface area contributed by atoms with Gasteiger partial charge in [0.1, 0.15) is 0 Å². The number of aliphatic hydroxyl groups is 3. The number of hydrogen-bond acceptors (Lipinski definition) is 6. The summed E-state index contributed by atoms with van der Waals surface area (Å²) >= 11 is 4.24. The Kier molecular flexibility index (Phi) is 32.7. The lowest BCUT2D eigenvalue weighted by molar-refractivity contribution is -0.130. The van der Waals surface area contributed by atoms with Gasteiger partial charge in [-0.2, -0.15) is 0 Å². The fourth-order valence-corrected chi connectivity index (χ4v) is 11.0. The number of hydrogen-bond donors (Lipinski definition) is 3. The van der Waals surface area contributed by atoms with Gasteiger partial charge in [-0.05, 0) is 140 Å². The summed E-state index contributed by atoms with van der Waals surface area (Å²) in [6, 6.07) is 0. The maximum Gasteiger partial charge on any atom is 0.162 e. The molecule has 0 aliphatic heterocycles. The molecule has 0 spiro atoms. The van der Waals surface area contributed by atoms with E-state index in [4.69, 9.17) is 0 Å². The van der Waals surface area contributed by atoms with Gasteiger partial charge >= 0.3 is 0 Å². The Labute approximate surface area is 526 Å². The second-order valence-electron chi connectivity index (χ2n) is 25.6. The molecule has 6 nitrogen and oxygen atoms in total. The average Bonchev–Trinajstić information content (AvgIpc) is 4.11. The van der Waals surface area contributed by atoms with Gasteiger partial charge in [0.05, 0.1) is 18.3 Å². The molecule has 4 aliphatic carbocycles. The van der Waals surface area contributed by atoms with Crippen LogP contribution in [0.1, 0.15) is 168 Å². The molecule has 4 rings (SSSR count). The van der Waals surface area contributed by atoms with E-state index >= 15 is 0 Å². The quantitative estimate of drug-likeness (QED) is 0.0534. The first kappa shape index (κ1) is 74.5. The van der Waals surface area contributed by atoms with Gasteiger partial charge < -0.3 is 15.3 Å². The first-order valence-electron chi connectivity index (χ1n) is 29.6. The van der Waals surface area contributed by atoms with Crippen LogP contribution in [0.5, 0.6) is 0 Å². The highest BCUT2D eigenvalue weighted by atomic mass is 128. The van der Waals surface area contributed by atoms with E-state index in [2.05, 4.69) is 153 Å². The first-order chi connectivity index (χ1) is 39.0. The van der Waals surface area contributed by atoms with Crippen LogP contribution in [0.3, 0.4) is 0 Å². The number of rotatable bonds is 23. The minimum absolute atomic E-state index is 0.0653. The van der Waals surface area contributed by atoms with Crippen LogP contribution in [-0.4, -0.2) is 51.0 Å². The Morgan fingerprint density at radius 1 is 0.410 bits per heavy atom. The molecule has 0 aromatic rings. The summed E-state index contributed by atoms with van der Waals surface area (Å²) in [6.45, 7) is 30.7. The summed E-state index contributed by atoms with van der Waals surface area (Å²) in [6.07, 6.45) is 68.3. The molecular weight excluding hydrogens is 1250 g/mol. The Bertz CT molecular complexity index is 2790. The largest absolute Gasteiger partial charge is 0.393 e. The minimum atomic E-state index is -0.536. The third kappa shape index (κ3) is 24.0. The molecule has 6 atom stereocenters. The van der Waals surface area contributed by atoms with Crippen LogP contribution in [0, 0.1) is 32.5 Å². The third-order valence-electron chi connectivity index (χ3n) is 18.1. The van der Waals surface area contributed by atoms with Crippen molar-refractivity contribution < 1.29 is 29.7 Å². The fraction of sp³-hybridized carbons (Fsp3) is 0.453. The smallest absolute Gasteiger partial charge is 0.162 e. The van der Waals surface area contributed by atoms with Crippen LogP contribution < -0.4 is 0 Å². The molecule has 0 radical (unpaired) electrons. The van der Waals surface area contributed by atoms with Gasteiger partial charge in [0.2, 0.25) is 0 Å². The van der Waals surface area contributed by atoms with Gasteiger partial charge in [-0.15, -0.1) is 0 Å². The molecule has 0 heterocycles. The minimum Gasteiger partial charge on any atom is -0.393 e. The first-order valence-corrected chi connectivity index (χ1v) is 35.9. The van der Waals surface area contributed by atoms with Gasteiger partial charge in [-0.1, -0.05) is 266 Å². The molecule has 83 heavy (non-hydrogen) atoms. The Morgan fingerprint density at radius 3 is 1.13 bits per heavy atom. The maximum absolute atomic E-state index is 12.9. The predicted molar refractivity (Wildman–Crippen MR) is 373 cm³/mol. The van der Waals surface area contributed by atoms with E-state index in [0.29, 0.717) is 32.1 Å². The van der Waals surface area contributed by atoms with Crippen molar-refractivity contribution >= 4 is 54.6 Å². The molecule has 3 fully saturated rings. The lowest BCUT2D eigenvalue weighted by Gasteiger charge is -2.38. The normalized spacial score (nSPS) is 27.7. The van der Waals surface area contributed by atoms with Crippen molar-refractivity contribution in [3.63, 3.8) is 0 Å². The van der Waals surface area contributed by atoms with Crippen molar-refractivity contribution in [1.82, 2.24) is 0 Å². The molecule has 0 aromatic heterocycles. The van der Waals surface area contributed by atoms with Gasteiger partial charge in [-0.3, -0.25) is 14.4 Å². The summed E-state index contributed by atoms with van der Waals surface area (Å²) in [7, 11) is 0. The lowest BCUT2D eigenvalue weighted by Crippen LogP contribution is -2.41. The third-order valence-corrected chi connectivity index (χ3v) is 18.1. The number of aliphatic hydroxyl groups excluding tert-OH is 3. The number of ketones is 3. The van der Waals surface area contributed by atoms with E-state index in [1.807, 2.05) is 152 Å². The molecule has 4 aliphatic rings. The van der Waals surface area contributed by atoms with Crippen LogP contribution >= 0.6 is 37.2 Å². The molecule has 0 saturated heterocycles. The van der Waals surface area contributed by atoms with E-state index in [9.17, 15) is 29.7 Å². The maximum atomic E-state index is 12.9. The average molecular weight is 1350 g/mol. The van der Waals surface area contributed by atoms with Gasteiger partial charge in [0.15, 0.2) is 17.3 Å². The molecule has 8 heteroatoms. The van der Waals surface area contributed by atoms with Gasteiger partial charge in [0.25, 0.3) is 0 Å². The van der Waals surface area contributed by atoms with E-state index in [0.717, 1.165) is 23.1 Å². The monoisotopic (exact) mass is 1350 g/mol. The number of carbonyl (C=O) groups excluding carboxylic acids is 3. The van der Waals surface area contributed by atoms with Crippen LogP contribution in [0.15, 0.2) is 227 Å². The van der Waals surface area contributed by atoms with Crippen LogP contribution in [0.4, 0.5) is 0 Å². The van der Waals surface area contributed by atoms with Crippen LogP contribution in [0.2, 0.25) is 0 Å². The summed E-state index contributed by atoms with van der Waals surface area (Å²) in [4.78, 5) is 38.5. The molecule has 0 aromatic carbocycles. The molecule has 452 valence electrons. The van der Waals surface area contributed by atoms with Crippen LogP contribution in [0.25, 0.3) is 0 Å². The standard InChI is InChI=1S/C38H52O2.C37H50O4.I2/c1-29(17-13-19-31(3)23-25-34-22-12-11-21-33(34)5)15-9-10-16-30(2)18-14-20-32(4)24-26-36(40)38(8)28-27-35(39)37(38,6)7;1-29(23-24-33(41)37(7)28-31(39)26-35(37,4)5)21-19-17-15-13-11-9-8-10-12-14-16-18-20-22-32(40)36(6)27-30(38)25-34(36,2)3;1-2/h9-10,13-20,23-26,35,39H,11-12,21-22,27-28H2,1-8H3;8-24,30-31,38-39H,25-28H2,1-7H3;/b10-9+,17-13+,18-14+,25-23+,26-24+,29-15+,30-16+,31-19+,32-20+;10-8+,11-9+,14-12+,15-13+,18-16+,19-17+,22-20+,24-23+,29-21+;/t35-,38+;30-,31-,36-,37-;/m10./s1. The zero-order valence-electron chi connectivity index (χ0n) is 53.0. The summed E-state index contributed by atoms with van der Waals surface area (Å²) < 4.78 is 0. The molecule has 0 unspecified atom stereocenters. The summed E-state index contributed by atoms with van der Waals surface area (Å²) in [5.41, 5.74) is 6.22. The van der Waals surface area contributed by atoms with Crippen LogP contribution in [-0.2, 0) is 14.4 Å². The zero-order valence-corrected chi connectivity index (χ0v) is 57.3. The van der Waals surface area contributed by atoms with Gasteiger partial charge in [-0.25, -0.2) is 0 Å². The van der Waals surface area contributed by atoms with Crippen molar-refractivity contribution in [2.45, 2.75) is 186 Å². The Morgan fingerprint density at radius 2 is 0.747 bits per heavy atom. The van der Waals surface area contributed by atoms with Crippen molar-refractivity contribution in [2.75, 3.05) is 0 Å². The van der Waals surface area contributed by atoms with E-state index in [-0.39, 0.29) is 28.2 Å². The lowest BCUT2D eigenvalue weighted by atomic mass is 9.66. The van der Waals surface area contributed by atoms with Crippen molar-refractivity contribution in [2.24, 2.45) is 32.5 Å². The van der Waals surface area contributed by atoms with Crippen molar-refractivity contribution in [3.05, 3.63) is 227 Å². The summed E-state index contributed by atoms with van der Waals surface area (Å²) in [5, 5.41) is 30.3. The number of halogens is 2. The molecule has 0 amide bonds. The molecule has 3 N–H and O–H groups in total. The highest BCUT2D eigenvalue weighted by Gasteiger charge is 2.55. The van der Waals surface area contributed by atoms with E-state index in [1.165, 1.54) is 42.4 Å². The van der Waals surface area contributed by atoms with Gasteiger partial charge in [0, 0.05) is 58.9 Å². The van der Waals surface area contributed by atoms with E-state index in [1.54, 1.807) is 29.9 Å². The second kappa shape index (κ2) is 36.4. The highest BCUT2D eigenvalue weighted by Crippen LogP contribution is 2.55. The van der Waals surface area contributed by atoms with Crippen molar-refractivity contribution in [1.29, 1.82) is 0 Å². The van der Waals surface area contributed by atoms with Crippen molar-refractivity contribution in [3.8, 4) is 0 Å². The number of allylic oxidation sites excluding steroid dienone is 38. The zero-order chi connectivity index (χ0) is 62.5. The second-order valence-corrected chi connectivity index (χ2v) is 25.6.